The Balaban J connectivity index is 1.95. The van der Waals surface area contributed by atoms with Crippen molar-refractivity contribution < 1.29 is 0 Å². The van der Waals surface area contributed by atoms with E-state index < -0.39 is 0 Å². The van der Waals surface area contributed by atoms with E-state index in [1.807, 2.05) is 0 Å². The fourth-order valence-electron chi connectivity index (χ4n) is 3.28. The summed E-state index contributed by atoms with van der Waals surface area (Å²) in [5.74, 6) is 0.507. The van der Waals surface area contributed by atoms with Crippen LogP contribution in [0, 0.1) is 0 Å². The van der Waals surface area contributed by atoms with Crippen molar-refractivity contribution in [2.75, 3.05) is 26.0 Å². The van der Waals surface area contributed by atoms with Crippen LogP contribution >= 0.6 is 0 Å². The van der Waals surface area contributed by atoms with E-state index in [1.165, 1.54) is 35.2 Å². The maximum atomic E-state index is 3.60. The molecule has 0 amide bonds. The van der Waals surface area contributed by atoms with Gasteiger partial charge in [0.1, 0.15) is 0 Å². The molecule has 110 valence electrons. The van der Waals surface area contributed by atoms with Crippen LogP contribution in [0.15, 0.2) is 48.5 Å². The second-order valence-electron chi connectivity index (χ2n) is 6.14. The molecule has 0 saturated carbocycles. The molecule has 2 nitrogen and oxygen atoms in total. The lowest BCUT2D eigenvalue weighted by molar-refractivity contribution is 0.390. The Morgan fingerprint density at radius 3 is 2.52 bits per heavy atom. The summed E-state index contributed by atoms with van der Waals surface area (Å²) >= 11 is 0. The number of hydrogen-bond donors (Lipinski definition) is 1. The average Bonchev–Trinajstić information content (AvgIpc) is 2.65. The van der Waals surface area contributed by atoms with E-state index in [1.54, 1.807) is 0 Å². The molecular formula is C19H24N2. The number of nitrogens with one attached hydrogen (secondary N) is 1. The zero-order valence-electron chi connectivity index (χ0n) is 13.0. The van der Waals surface area contributed by atoms with Crippen LogP contribution in [0.2, 0.25) is 0 Å². The first-order valence-corrected chi connectivity index (χ1v) is 7.81. The van der Waals surface area contributed by atoms with Gasteiger partial charge in [0.25, 0.3) is 0 Å². The summed E-state index contributed by atoms with van der Waals surface area (Å²) in [6.45, 7) is 2.08. The van der Waals surface area contributed by atoms with E-state index in [-0.39, 0.29) is 0 Å². The minimum absolute atomic E-state index is 0.507. The summed E-state index contributed by atoms with van der Waals surface area (Å²) in [5.41, 5.74) is 5.67. The van der Waals surface area contributed by atoms with Gasteiger partial charge in [0, 0.05) is 18.2 Å². The molecule has 1 heterocycles. The highest BCUT2D eigenvalue weighted by Crippen LogP contribution is 2.38. The lowest BCUT2D eigenvalue weighted by atomic mass is 9.85. The molecule has 0 aliphatic carbocycles. The largest absolute Gasteiger partial charge is 0.381 e. The topological polar surface area (TPSA) is 15.3 Å². The smallest absolute Gasteiger partial charge is 0.0403 e. The Morgan fingerprint density at radius 1 is 1.00 bits per heavy atom. The average molecular weight is 280 g/mol. The Hall–Kier alpha value is -1.80. The van der Waals surface area contributed by atoms with Gasteiger partial charge in [-0.15, -0.1) is 0 Å². The number of anilines is 1. The van der Waals surface area contributed by atoms with Crippen molar-refractivity contribution in [3.8, 4) is 0 Å². The molecule has 2 aromatic carbocycles. The Morgan fingerprint density at radius 2 is 1.71 bits per heavy atom. The van der Waals surface area contributed by atoms with Crippen molar-refractivity contribution in [2.45, 2.75) is 25.3 Å². The maximum absolute atomic E-state index is 3.60. The zero-order valence-corrected chi connectivity index (χ0v) is 13.0. The molecule has 1 unspecified atom stereocenters. The summed E-state index contributed by atoms with van der Waals surface area (Å²) in [6.07, 6.45) is 2.42. The van der Waals surface area contributed by atoms with Crippen LogP contribution in [0.25, 0.3) is 0 Å². The van der Waals surface area contributed by atoms with Crippen molar-refractivity contribution in [3.05, 3.63) is 65.2 Å². The van der Waals surface area contributed by atoms with E-state index >= 15 is 0 Å². The van der Waals surface area contributed by atoms with Crippen LogP contribution in [0.1, 0.15) is 35.4 Å². The molecule has 1 aliphatic heterocycles. The number of nitrogens with zero attached hydrogens (tertiary/aromatic N) is 1. The first-order chi connectivity index (χ1) is 10.3. The summed E-state index contributed by atoms with van der Waals surface area (Å²) in [4.78, 5) is 2.27. The molecule has 0 saturated heterocycles. The normalized spacial score (nSPS) is 16.8. The number of rotatable bonds is 4. The first kappa shape index (κ1) is 14.2. The predicted octanol–water partition coefficient (Wildman–Crippen LogP) is 4.09. The van der Waals surface area contributed by atoms with Gasteiger partial charge in [-0.2, -0.15) is 0 Å². The van der Waals surface area contributed by atoms with Gasteiger partial charge in [0.2, 0.25) is 0 Å². The Bertz CT molecular complexity index is 557. The summed E-state index contributed by atoms with van der Waals surface area (Å²) in [7, 11) is 4.30. The molecule has 0 radical (unpaired) electrons. The fourth-order valence-corrected chi connectivity index (χ4v) is 3.28. The fraction of sp³-hybridized carbons (Fsp3) is 0.368. The Kier molecular flexibility index (Phi) is 4.26. The van der Waals surface area contributed by atoms with Crippen molar-refractivity contribution in [1.29, 1.82) is 0 Å². The molecular weight excluding hydrogens is 256 g/mol. The van der Waals surface area contributed by atoms with Gasteiger partial charge in [-0.25, -0.2) is 0 Å². The van der Waals surface area contributed by atoms with E-state index in [2.05, 4.69) is 72.8 Å². The van der Waals surface area contributed by atoms with Crippen molar-refractivity contribution in [1.82, 2.24) is 4.90 Å². The zero-order chi connectivity index (χ0) is 14.7. The van der Waals surface area contributed by atoms with Gasteiger partial charge < -0.3 is 10.2 Å². The van der Waals surface area contributed by atoms with E-state index in [9.17, 15) is 0 Å². The second kappa shape index (κ2) is 6.31. The third kappa shape index (κ3) is 3.11. The quantitative estimate of drug-likeness (QED) is 0.907. The molecule has 1 N–H and O–H groups in total. The van der Waals surface area contributed by atoms with Gasteiger partial charge in [-0.3, -0.25) is 0 Å². The molecule has 1 aliphatic rings. The molecule has 2 aromatic rings. The van der Waals surface area contributed by atoms with Gasteiger partial charge in [0.05, 0.1) is 0 Å². The number of benzene rings is 2. The molecule has 1 atom stereocenters. The van der Waals surface area contributed by atoms with Gasteiger partial charge >= 0.3 is 0 Å². The lowest BCUT2D eigenvalue weighted by Crippen LogP contribution is -2.14. The highest BCUT2D eigenvalue weighted by Gasteiger charge is 2.22. The first-order valence-electron chi connectivity index (χ1n) is 7.81. The molecule has 2 heteroatoms. The lowest BCUT2D eigenvalue weighted by Gasteiger charge is -2.20. The van der Waals surface area contributed by atoms with E-state index in [4.69, 9.17) is 0 Å². The molecule has 21 heavy (non-hydrogen) atoms. The second-order valence-corrected chi connectivity index (χ2v) is 6.14. The minimum Gasteiger partial charge on any atom is -0.381 e. The number of fused-ring (bicyclic) bond motifs is 2. The third-order valence-corrected chi connectivity index (χ3v) is 4.33. The van der Waals surface area contributed by atoms with Gasteiger partial charge in [0.15, 0.2) is 0 Å². The van der Waals surface area contributed by atoms with Crippen LogP contribution in [-0.2, 0) is 6.54 Å². The molecule has 0 bridgehead atoms. The third-order valence-electron chi connectivity index (χ3n) is 4.33. The van der Waals surface area contributed by atoms with Crippen molar-refractivity contribution in [2.24, 2.45) is 0 Å². The van der Waals surface area contributed by atoms with E-state index in [0.717, 1.165) is 13.1 Å². The predicted molar refractivity (Wildman–Crippen MR) is 89.8 cm³/mol. The SMILES string of the molecule is CN(C)CCCC1c2ccccc2CNc2ccccc21. The van der Waals surface area contributed by atoms with E-state index in [0.29, 0.717) is 5.92 Å². The number of hydrogen-bond acceptors (Lipinski definition) is 2. The monoisotopic (exact) mass is 280 g/mol. The van der Waals surface area contributed by atoms with Gasteiger partial charge in [-0.1, -0.05) is 42.5 Å². The molecule has 0 aromatic heterocycles. The van der Waals surface area contributed by atoms with Crippen molar-refractivity contribution in [3.63, 3.8) is 0 Å². The van der Waals surface area contributed by atoms with Crippen molar-refractivity contribution >= 4 is 5.69 Å². The minimum atomic E-state index is 0.507. The Labute approximate surface area is 127 Å². The number of para-hydroxylation sites is 1. The highest BCUT2D eigenvalue weighted by molar-refractivity contribution is 5.58. The van der Waals surface area contributed by atoms with Crippen LogP contribution in [0.4, 0.5) is 5.69 Å². The summed E-state index contributed by atoms with van der Waals surface area (Å²) in [5, 5.41) is 3.60. The molecule has 3 rings (SSSR count). The highest BCUT2D eigenvalue weighted by atomic mass is 15.0. The van der Waals surface area contributed by atoms with Crippen LogP contribution in [-0.4, -0.2) is 25.5 Å². The molecule has 0 spiro atoms. The molecule has 0 fully saturated rings. The van der Waals surface area contributed by atoms with Crippen LogP contribution < -0.4 is 5.32 Å². The van der Waals surface area contributed by atoms with Crippen LogP contribution in [0.5, 0.6) is 0 Å². The van der Waals surface area contributed by atoms with Crippen LogP contribution in [0.3, 0.4) is 0 Å². The summed E-state index contributed by atoms with van der Waals surface area (Å²) < 4.78 is 0. The summed E-state index contributed by atoms with van der Waals surface area (Å²) in [6, 6.07) is 17.7. The van der Waals surface area contributed by atoms with Gasteiger partial charge in [-0.05, 0) is 56.2 Å². The maximum Gasteiger partial charge on any atom is 0.0403 e. The standard InChI is InChI=1S/C19H24N2/c1-21(2)13-7-11-17-16-9-4-3-8-15(16)14-20-19-12-6-5-10-18(17)19/h3-6,8-10,12,17,20H,7,11,13-14H2,1-2H3.